The number of hydrogen-bond donors (Lipinski definition) is 2. The highest BCUT2D eigenvalue weighted by molar-refractivity contribution is 6.30. The second-order valence-electron chi connectivity index (χ2n) is 7.48. The molecule has 1 heterocycles. The van der Waals surface area contributed by atoms with E-state index in [0.717, 1.165) is 11.3 Å². The molecule has 0 aliphatic rings. The van der Waals surface area contributed by atoms with E-state index >= 15 is 0 Å². The lowest BCUT2D eigenvalue weighted by molar-refractivity contribution is -0.123. The van der Waals surface area contributed by atoms with Crippen LogP contribution in [-0.2, 0) is 11.3 Å². The van der Waals surface area contributed by atoms with Crippen molar-refractivity contribution in [3.8, 4) is 5.69 Å². The van der Waals surface area contributed by atoms with Crippen molar-refractivity contribution in [3.63, 3.8) is 0 Å². The topological polar surface area (TPSA) is 76.0 Å². The zero-order valence-electron chi connectivity index (χ0n) is 17.0. The molecule has 156 valence electrons. The van der Waals surface area contributed by atoms with Gasteiger partial charge in [0.05, 0.1) is 12.0 Å². The minimum atomic E-state index is -0.631. The summed E-state index contributed by atoms with van der Waals surface area (Å²) < 4.78 is 1.90. The first-order valence-corrected chi connectivity index (χ1v) is 10.2. The van der Waals surface area contributed by atoms with E-state index in [4.69, 9.17) is 11.6 Å². The third kappa shape index (κ3) is 5.70. The lowest BCUT2D eigenvalue weighted by Gasteiger charge is -2.21. The normalized spacial score (nSPS) is 11.9. The average molecular weight is 425 g/mol. The Kier molecular flexibility index (Phi) is 7.25. The van der Waals surface area contributed by atoms with Crippen LogP contribution < -0.4 is 10.6 Å². The molecule has 2 amide bonds. The van der Waals surface area contributed by atoms with Gasteiger partial charge in [0.15, 0.2) is 0 Å². The van der Waals surface area contributed by atoms with Crippen LogP contribution in [0.1, 0.15) is 36.2 Å². The maximum absolute atomic E-state index is 12.9. The van der Waals surface area contributed by atoms with E-state index in [1.807, 2.05) is 48.9 Å². The molecule has 0 bridgehead atoms. The largest absolute Gasteiger partial charge is 0.350 e. The summed E-state index contributed by atoms with van der Waals surface area (Å²) in [6.45, 7) is 4.38. The van der Waals surface area contributed by atoms with Crippen molar-refractivity contribution in [2.75, 3.05) is 0 Å². The van der Waals surface area contributed by atoms with Crippen molar-refractivity contribution >= 4 is 23.4 Å². The Morgan fingerprint density at radius 3 is 2.50 bits per heavy atom. The Morgan fingerprint density at radius 1 is 1.10 bits per heavy atom. The summed E-state index contributed by atoms with van der Waals surface area (Å²) in [6, 6.07) is 13.8. The van der Waals surface area contributed by atoms with Crippen molar-refractivity contribution in [2.45, 2.75) is 32.9 Å². The van der Waals surface area contributed by atoms with Crippen LogP contribution >= 0.6 is 11.6 Å². The maximum atomic E-state index is 12.9. The fourth-order valence-electron chi connectivity index (χ4n) is 3.17. The molecule has 6 nitrogen and oxygen atoms in total. The molecule has 1 atom stereocenters. The summed E-state index contributed by atoms with van der Waals surface area (Å²) in [7, 11) is 0. The van der Waals surface area contributed by atoms with Crippen LogP contribution in [0.3, 0.4) is 0 Å². The fraction of sp³-hybridized carbons (Fsp3) is 0.261. The molecule has 0 aliphatic heterocycles. The standard InChI is InChI=1S/C23H25ClN4O2/c1-16(2)13-20(27-22(29)17-7-9-19(24)10-8-17)23(30)26-14-18-5-3-4-6-21(18)28-12-11-25-15-28/h3-12,15-16,20H,13-14H2,1-2H3,(H,26,30)(H,27,29). The Balaban J connectivity index is 1.69. The van der Waals surface area contributed by atoms with E-state index in [1.54, 1.807) is 36.8 Å². The lowest BCUT2D eigenvalue weighted by Crippen LogP contribution is -2.47. The molecule has 1 unspecified atom stereocenters. The summed E-state index contributed by atoms with van der Waals surface area (Å²) in [5.74, 6) is -0.276. The number of rotatable bonds is 8. The van der Waals surface area contributed by atoms with Gasteiger partial charge in [-0.25, -0.2) is 4.98 Å². The van der Waals surface area contributed by atoms with Crippen molar-refractivity contribution in [3.05, 3.63) is 83.4 Å². The smallest absolute Gasteiger partial charge is 0.251 e. The second kappa shape index (κ2) is 10.1. The van der Waals surface area contributed by atoms with Gasteiger partial charge in [-0.3, -0.25) is 9.59 Å². The van der Waals surface area contributed by atoms with Crippen LogP contribution in [0, 0.1) is 5.92 Å². The molecule has 0 saturated heterocycles. The third-order valence-corrected chi connectivity index (χ3v) is 4.91. The molecule has 1 aromatic heterocycles. The van der Waals surface area contributed by atoms with Gasteiger partial charge in [0.25, 0.3) is 5.91 Å². The SMILES string of the molecule is CC(C)CC(NC(=O)c1ccc(Cl)cc1)C(=O)NCc1ccccc1-n1ccnc1. The zero-order chi connectivity index (χ0) is 21.5. The van der Waals surface area contributed by atoms with Crippen LogP contribution in [0.15, 0.2) is 67.3 Å². The van der Waals surface area contributed by atoms with Gasteiger partial charge in [-0.1, -0.05) is 43.6 Å². The summed E-state index contributed by atoms with van der Waals surface area (Å²) in [6.07, 6.45) is 5.82. The first-order valence-electron chi connectivity index (χ1n) is 9.84. The Labute approximate surface area is 181 Å². The molecule has 0 spiro atoms. The number of amides is 2. The molecule has 2 N–H and O–H groups in total. The van der Waals surface area contributed by atoms with Crippen LogP contribution in [0.4, 0.5) is 0 Å². The number of aromatic nitrogens is 2. The minimum absolute atomic E-state index is 0.216. The van der Waals surface area contributed by atoms with E-state index in [-0.39, 0.29) is 17.7 Å². The molecule has 0 saturated carbocycles. The van der Waals surface area contributed by atoms with Gasteiger partial charge in [-0.2, -0.15) is 0 Å². The summed E-state index contributed by atoms with van der Waals surface area (Å²) >= 11 is 5.89. The molecule has 0 radical (unpaired) electrons. The average Bonchev–Trinajstić information content (AvgIpc) is 3.26. The van der Waals surface area contributed by atoms with E-state index in [2.05, 4.69) is 15.6 Å². The number of nitrogens with one attached hydrogen (secondary N) is 2. The quantitative estimate of drug-likeness (QED) is 0.574. The van der Waals surface area contributed by atoms with Gasteiger partial charge in [-0.15, -0.1) is 0 Å². The van der Waals surface area contributed by atoms with Crippen LogP contribution in [0.25, 0.3) is 5.69 Å². The molecular formula is C23H25ClN4O2. The third-order valence-electron chi connectivity index (χ3n) is 4.66. The van der Waals surface area contributed by atoms with Gasteiger partial charge in [0.1, 0.15) is 6.04 Å². The number of para-hydroxylation sites is 1. The predicted octanol–water partition coefficient (Wildman–Crippen LogP) is 3.99. The number of carbonyl (C=O) groups excluding carboxylic acids is 2. The summed E-state index contributed by atoms with van der Waals surface area (Å²) in [5.41, 5.74) is 2.36. The van der Waals surface area contributed by atoms with E-state index in [9.17, 15) is 9.59 Å². The van der Waals surface area contributed by atoms with Gasteiger partial charge in [-0.05, 0) is 48.2 Å². The maximum Gasteiger partial charge on any atom is 0.251 e. The number of imidazole rings is 1. The lowest BCUT2D eigenvalue weighted by atomic mass is 10.0. The highest BCUT2D eigenvalue weighted by atomic mass is 35.5. The number of carbonyl (C=O) groups is 2. The van der Waals surface area contributed by atoms with Gasteiger partial charge in [0.2, 0.25) is 5.91 Å². The Hall–Kier alpha value is -3.12. The second-order valence-corrected chi connectivity index (χ2v) is 7.92. The van der Waals surface area contributed by atoms with Crippen molar-refractivity contribution in [2.24, 2.45) is 5.92 Å². The molecule has 3 aromatic rings. The van der Waals surface area contributed by atoms with Crippen LogP contribution in [-0.4, -0.2) is 27.4 Å². The minimum Gasteiger partial charge on any atom is -0.350 e. The number of hydrogen-bond acceptors (Lipinski definition) is 3. The first-order chi connectivity index (χ1) is 14.4. The predicted molar refractivity (Wildman–Crippen MR) is 118 cm³/mol. The molecule has 0 aliphatic carbocycles. The van der Waals surface area contributed by atoms with Crippen molar-refractivity contribution in [1.82, 2.24) is 20.2 Å². The summed E-state index contributed by atoms with van der Waals surface area (Å²) in [5, 5.41) is 6.37. The fourth-order valence-corrected chi connectivity index (χ4v) is 3.29. The van der Waals surface area contributed by atoms with E-state index in [0.29, 0.717) is 23.6 Å². The highest BCUT2D eigenvalue weighted by Crippen LogP contribution is 2.15. The van der Waals surface area contributed by atoms with Gasteiger partial charge >= 0.3 is 0 Å². The number of benzene rings is 2. The Bertz CT molecular complexity index is 985. The Morgan fingerprint density at radius 2 is 1.83 bits per heavy atom. The zero-order valence-corrected chi connectivity index (χ0v) is 17.8. The number of halogens is 1. The van der Waals surface area contributed by atoms with Crippen molar-refractivity contribution in [1.29, 1.82) is 0 Å². The molecule has 3 rings (SSSR count). The monoisotopic (exact) mass is 424 g/mol. The van der Waals surface area contributed by atoms with Crippen molar-refractivity contribution < 1.29 is 9.59 Å². The van der Waals surface area contributed by atoms with Gasteiger partial charge < -0.3 is 15.2 Å². The first kappa shape index (κ1) is 21.6. The van der Waals surface area contributed by atoms with Gasteiger partial charge in [0, 0.05) is 29.5 Å². The van der Waals surface area contributed by atoms with Crippen LogP contribution in [0.2, 0.25) is 5.02 Å². The molecule has 2 aromatic carbocycles. The van der Waals surface area contributed by atoms with E-state index in [1.165, 1.54) is 0 Å². The number of nitrogens with zero attached hydrogens (tertiary/aromatic N) is 2. The molecule has 30 heavy (non-hydrogen) atoms. The molecule has 0 fully saturated rings. The van der Waals surface area contributed by atoms with E-state index < -0.39 is 6.04 Å². The summed E-state index contributed by atoms with van der Waals surface area (Å²) in [4.78, 5) is 29.6. The molecular weight excluding hydrogens is 400 g/mol. The highest BCUT2D eigenvalue weighted by Gasteiger charge is 2.22. The molecule has 7 heteroatoms. The van der Waals surface area contributed by atoms with Crippen LogP contribution in [0.5, 0.6) is 0 Å².